The highest BCUT2D eigenvalue weighted by molar-refractivity contribution is 6.04. The van der Waals surface area contributed by atoms with E-state index in [2.05, 4.69) is 181 Å². The number of fused-ring (bicyclic) bond motifs is 5. The molecule has 1 aliphatic rings. The first kappa shape index (κ1) is 25.3. The van der Waals surface area contributed by atoms with Crippen molar-refractivity contribution in [2.24, 2.45) is 0 Å². The van der Waals surface area contributed by atoms with Crippen LogP contribution >= 0.6 is 0 Å². The highest BCUT2D eigenvalue weighted by Gasteiger charge is 2.45. The number of nitrogens with zero attached hydrogens (tertiary/aromatic N) is 1. The van der Waals surface area contributed by atoms with Crippen molar-refractivity contribution in [1.29, 1.82) is 0 Å². The maximum Gasteiger partial charge on any atom is 0.0592 e. The van der Waals surface area contributed by atoms with Crippen molar-refractivity contribution in [2.75, 3.05) is 0 Å². The molecule has 0 spiro atoms. The summed E-state index contributed by atoms with van der Waals surface area (Å²) in [5, 5.41) is 1.30. The lowest BCUT2D eigenvalue weighted by Gasteiger charge is -2.30. The van der Waals surface area contributed by atoms with Crippen molar-refractivity contribution >= 4 is 22.6 Å². The third-order valence-corrected chi connectivity index (χ3v) is 9.07. The zero-order chi connectivity index (χ0) is 28.8. The largest absolute Gasteiger partial charge is 0.312 e. The summed E-state index contributed by atoms with van der Waals surface area (Å²) in [6.07, 6.45) is 2.31. The zero-order valence-electron chi connectivity index (χ0n) is 24.1. The van der Waals surface area contributed by atoms with E-state index < -0.39 is 0 Å². The van der Waals surface area contributed by atoms with E-state index in [9.17, 15) is 0 Å². The Labute approximate surface area is 253 Å². The van der Waals surface area contributed by atoms with Gasteiger partial charge in [-0.1, -0.05) is 146 Å². The fraction of sp³-hybridized carbons (Fsp3) is 0.0476. The first-order chi connectivity index (χ1) is 21.2. The Bertz CT molecular complexity index is 2040. The summed E-state index contributed by atoms with van der Waals surface area (Å²) in [7, 11) is 0. The lowest BCUT2D eigenvalue weighted by atomic mass is 9.76. The standard InChI is InChI=1S/C42H31N/c1-42(33-27-25-30(26-28-33)29-37(31-15-5-2-6-16-31)32-17-7-3-8-18-32)38-23-13-11-21-35(38)40-36-22-12-14-24-39(36)43(41(40)42)34-19-9-4-10-20-34/h2-29H,1H3. The van der Waals surface area contributed by atoms with E-state index in [0.717, 1.165) is 0 Å². The molecule has 0 N–H and O–H groups in total. The highest BCUT2D eigenvalue weighted by atomic mass is 15.0. The summed E-state index contributed by atoms with van der Waals surface area (Å²) in [5.74, 6) is 0. The smallest absolute Gasteiger partial charge is 0.0592 e. The van der Waals surface area contributed by atoms with Crippen LogP contribution in [0, 0.1) is 0 Å². The van der Waals surface area contributed by atoms with Gasteiger partial charge in [-0.05, 0) is 70.2 Å². The minimum absolute atomic E-state index is 0.329. The summed E-state index contributed by atoms with van der Waals surface area (Å²) in [4.78, 5) is 0. The number of benzene rings is 6. The third kappa shape index (κ3) is 4.00. The Morgan fingerprint density at radius 2 is 1.12 bits per heavy atom. The van der Waals surface area contributed by atoms with Crippen molar-refractivity contribution < 1.29 is 0 Å². The molecule has 8 rings (SSSR count). The third-order valence-electron chi connectivity index (χ3n) is 9.07. The van der Waals surface area contributed by atoms with E-state index in [1.54, 1.807) is 0 Å². The maximum atomic E-state index is 2.49. The molecule has 0 bridgehead atoms. The Kier molecular flexibility index (Phi) is 5.98. The van der Waals surface area contributed by atoms with Gasteiger partial charge in [0.2, 0.25) is 0 Å². The summed E-state index contributed by atoms with van der Waals surface area (Å²) in [5.41, 5.74) is 13.6. The molecule has 7 aromatic rings. The highest BCUT2D eigenvalue weighted by Crippen LogP contribution is 2.56. The summed E-state index contributed by atoms with van der Waals surface area (Å²) < 4.78 is 2.49. The fourth-order valence-corrected chi connectivity index (χ4v) is 7.04. The molecule has 0 fully saturated rings. The average Bonchev–Trinajstić information content (AvgIpc) is 3.56. The van der Waals surface area contributed by atoms with Gasteiger partial charge in [-0.3, -0.25) is 0 Å². The fourth-order valence-electron chi connectivity index (χ4n) is 7.04. The second-order valence-electron chi connectivity index (χ2n) is 11.5. The van der Waals surface area contributed by atoms with Gasteiger partial charge in [0, 0.05) is 22.3 Å². The first-order valence-electron chi connectivity index (χ1n) is 15.0. The molecule has 1 heteroatoms. The molecule has 0 aliphatic heterocycles. The van der Waals surface area contributed by atoms with Crippen molar-refractivity contribution in [3.63, 3.8) is 0 Å². The minimum atomic E-state index is -0.329. The van der Waals surface area contributed by atoms with Crippen molar-refractivity contribution in [1.82, 2.24) is 4.57 Å². The molecule has 1 aliphatic carbocycles. The van der Waals surface area contributed by atoms with Gasteiger partial charge in [0.05, 0.1) is 10.9 Å². The van der Waals surface area contributed by atoms with Crippen LogP contribution in [-0.2, 0) is 5.41 Å². The van der Waals surface area contributed by atoms with Crippen LogP contribution in [0.15, 0.2) is 164 Å². The van der Waals surface area contributed by atoms with E-state index in [1.165, 1.54) is 66.8 Å². The Morgan fingerprint density at radius 1 is 0.558 bits per heavy atom. The Hall–Kier alpha value is -5.40. The van der Waals surface area contributed by atoms with Crippen LogP contribution < -0.4 is 0 Å². The molecule has 1 aromatic heterocycles. The normalized spacial score (nSPS) is 15.2. The molecule has 6 aromatic carbocycles. The van der Waals surface area contributed by atoms with E-state index in [4.69, 9.17) is 0 Å². The van der Waals surface area contributed by atoms with Crippen molar-refractivity contribution in [3.05, 3.63) is 197 Å². The molecule has 0 saturated heterocycles. The molecule has 204 valence electrons. The van der Waals surface area contributed by atoms with Gasteiger partial charge >= 0.3 is 0 Å². The monoisotopic (exact) mass is 549 g/mol. The first-order valence-corrected chi connectivity index (χ1v) is 15.0. The van der Waals surface area contributed by atoms with Crippen LogP contribution in [0.4, 0.5) is 0 Å². The molecule has 1 nitrogen and oxygen atoms in total. The number of hydrogen-bond donors (Lipinski definition) is 0. The van der Waals surface area contributed by atoms with Gasteiger partial charge in [0.1, 0.15) is 0 Å². The van der Waals surface area contributed by atoms with Crippen LogP contribution in [-0.4, -0.2) is 4.57 Å². The van der Waals surface area contributed by atoms with Crippen LogP contribution in [0.2, 0.25) is 0 Å². The van der Waals surface area contributed by atoms with Gasteiger partial charge in [-0.15, -0.1) is 0 Å². The summed E-state index contributed by atoms with van der Waals surface area (Å²) in [6.45, 7) is 2.40. The van der Waals surface area contributed by atoms with Gasteiger partial charge < -0.3 is 4.57 Å². The second kappa shape index (κ2) is 10.2. The predicted molar refractivity (Wildman–Crippen MR) is 181 cm³/mol. The molecule has 43 heavy (non-hydrogen) atoms. The number of aromatic nitrogens is 1. The zero-order valence-corrected chi connectivity index (χ0v) is 24.1. The van der Waals surface area contributed by atoms with Gasteiger partial charge in [0.15, 0.2) is 0 Å². The van der Waals surface area contributed by atoms with Crippen LogP contribution in [0.5, 0.6) is 0 Å². The average molecular weight is 550 g/mol. The minimum Gasteiger partial charge on any atom is -0.312 e. The van der Waals surface area contributed by atoms with Crippen LogP contribution in [0.1, 0.15) is 40.4 Å². The van der Waals surface area contributed by atoms with Gasteiger partial charge in [-0.2, -0.15) is 0 Å². The Morgan fingerprint density at radius 3 is 1.79 bits per heavy atom. The topological polar surface area (TPSA) is 4.93 Å². The van der Waals surface area contributed by atoms with Gasteiger partial charge in [-0.25, -0.2) is 0 Å². The molecule has 0 amide bonds. The quantitative estimate of drug-likeness (QED) is 0.188. The molecule has 0 saturated carbocycles. The molecule has 0 radical (unpaired) electrons. The number of rotatable bonds is 5. The van der Waals surface area contributed by atoms with E-state index in [-0.39, 0.29) is 5.41 Å². The lowest BCUT2D eigenvalue weighted by Crippen LogP contribution is -2.25. The van der Waals surface area contributed by atoms with E-state index in [0.29, 0.717) is 0 Å². The predicted octanol–water partition coefficient (Wildman–Crippen LogP) is 10.6. The van der Waals surface area contributed by atoms with Crippen molar-refractivity contribution in [2.45, 2.75) is 12.3 Å². The summed E-state index contributed by atoms with van der Waals surface area (Å²) in [6, 6.07) is 59.2. The summed E-state index contributed by atoms with van der Waals surface area (Å²) >= 11 is 0. The SMILES string of the molecule is CC1(c2ccc(C=C(c3ccccc3)c3ccccc3)cc2)c2ccccc2-c2c1n(-c1ccccc1)c1ccccc21. The lowest BCUT2D eigenvalue weighted by molar-refractivity contribution is 0.671. The molecule has 1 unspecified atom stereocenters. The van der Waals surface area contributed by atoms with Gasteiger partial charge in [0.25, 0.3) is 0 Å². The molecule has 1 atom stereocenters. The molecular weight excluding hydrogens is 518 g/mol. The van der Waals surface area contributed by atoms with E-state index >= 15 is 0 Å². The Balaban J connectivity index is 1.32. The maximum absolute atomic E-state index is 2.49. The molecular formula is C42H31N. The van der Waals surface area contributed by atoms with E-state index in [1.807, 2.05) is 0 Å². The number of para-hydroxylation sites is 2. The van der Waals surface area contributed by atoms with Crippen molar-refractivity contribution in [3.8, 4) is 16.8 Å². The molecule has 1 heterocycles. The number of hydrogen-bond acceptors (Lipinski definition) is 0. The van der Waals surface area contributed by atoms with Crippen LogP contribution in [0.25, 0.3) is 39.4 Å². The second-order valence-corrected chi connectivity index (χ2v) is 11.5. The van der Waals surface area contributed by atoms with Crippen LogP contribution in [0.3, 0.4) is 0 Å².